The SMILES string of the molecule is CC(C)(C)NCCC(C)(O)c1cccc2c1OCC2. The summed E-state index contributed by atoms with van der Waals surface area (Å²) in [6.07, 6.45) is 1.61. The quantitative estimate of drug-likeness (QED) is 0.877. The Labute approximate surface area is 116 Å². The van der Waals surface area contributed by atoms with Gasteiger partial charge in [-0.15, -0.1) is 0 Å². The summed E-state index contributed by atoms with van der Waals surface area (Å²) in [5.41, 5.74) is 1.35. The molecule has 1 atom stereocenters. The Hall–Kier alpha value is -1.06. The third-order valence-corrected chi connectivity index (χ3v) is 3.56. The molecule has 0 aromatic heterocycles. The molecule has 0 saturated heterocycles. The van der Waals surface area contributed by atoms with Crippen LogP contribution in [0.15, 0.2) is 18.2 Å². The van der Waals surface area contributed by atoms with Crippen molar-refractivity contribution >= 4 is 0 Å². The number of hydrogen-bond acceptors (Lipinski definition) is 3. The molecule has 0 saturated carbocycles. The number of nitrogens with one attached hydrogen (secondary N) is 1. The Kier molecular flexibility index (Phi) is 3.88. The van der Waals surface area contributed by atoms with Crippen LogP contribution in [0.5, 0.6) is 5.75 Å². The lowest BCUT2D eigenvalue weighted by atomic mass is 9.90. The van der Waals surface area contributed by atoms with Crippen LogP contribution in [-0.4, -0.2) is 23.8 Å². The van der Waals surface area contributed by atoms with Gasteiger partial charge in [-0.05, 0) is 46.2 Å². The molecule has 3 heteroatoms. The first-order chi connectivity index (χ1) is 8.80. The fourth-order valence-corrected chi connectivity index (χ4v) is 2.45. The van der Waals surface area contributed by atoms with Gasteiger partial charge in [-0.25, -0.2) is 0 Å². The van der Waals surface area contributed by atoms with E-state index in [4.69, 9.17) is 4.74 Å². The Balaban J connectivity index is 2.09. The number of ether oxygens (including phenoxy) is 1. The Morgan fingerprint density at radius 2 is 2.00 bits per heavy atom. The number of para-hydroxylation sites is 1. The second-order valence-electron chi connectivity index (χ2n) is 6.59. The van der Waals surface area contributed by atoms with E-state index in [0.717, 1.165) is 30.9 Å². The van der Waals surface area contributed by atoms with Crippen molar-refractivity contribution in [3.05, 3.63) is 29.3 Å². The summed E-state index contributed by atoms with van der Waals surface area (Å²) in [5, 5.41) is 14.1. The van der Waals surface area contributed by atoms with Gasteiger partial charge in [0.1, 0.15) is 5.75 Å². The van der Waals surface area contributed by atoms with Gasteiger partial charge in [0.25, 0.3) is 0 Å². The molecule has 0 bridgehead atoms. The zero-order valence-corrected chi connectivity index (χ0v) is 12.4. The maximum atomic E-state index is 10.7. The van der Waals surface area contributed by atoms with Crippen molar-refractivity contribution in [2.75, 3.05) is 13.2 Å². The van der Waals surface area contributed by atoms with Gasteiger partial charge in [-0.2, -0.15) is 0 Å². The molecule has 3 nitrogen and oxygen atoms in total. The maximum absolute atomic E-state index is 10.7. The van der Waals surface area contributed by atoms with Crippen LogP contribution in [0.4, 0.5) is 0 Å². The molecule has 1 unspecified atom stereocenters. The lowest BCUT2D eigenvalue weighted by Crippen LogP contribution is -2.39. The molecule has 0 amide bonds. The summed E-state index contributed by atoms with van der Waals surface area (Å²) in [7, 11) is 0. The summed E-state index contributed by atoms with van der Waals surface area (Å²) in [6, 6.07) is 6.06. The van der Waals surface area contributed by atoms with Crippen LogP contribution < -0.4 is 10.1 Å². The monoisotopic (exact) mass is 263 g/mol. The average Bonchev–Trinajstić information content (AvgIpc) is 2.73. The van der Waals surface area contributed by atoms with Gasteiger partial charge >= 0.3 is 0 Å². The van der Waals surface area contributed by atoms with Crippen LogP contribution in [0, 0.1) is 0 Å². The van der Waals surface area contributed by atoms with Crippen LogP contribution in [0.3, 0.4) is 0 Å². The zero-order chi connectivity index (χ0) is 14.1. The third kappa shape index (κ3) is 3.48. The molecule has 1 aliphatic heterocycles. The van der Waals surface area contributed by atoms with Gasteiger partial charge < -0.3 is 15.2 Å². The van der Waals surface area contributed by atoms with Crippen LogP contribution in [0.2, 0.25) is 0 Å². The third-order valence-electron chi connectivity index (χ3n) is 3.56. The van der Waals surface area contributed by atoms with Gasteiger partial charge in [0.15, 0.2) is 0 Å². The molecular weight excluding hydrogens is 238 g/mol. The highest BCUT2D eigenvalue weighted by molar-refractivity contribution is 5.46. The fraction of sp³-hybridized carbons (Fsp3) is 0.625. The van der Waals surface area contributed by atoms with E-state index in [0.29, 0.717) is 6.42 Å². The molecule has 0 fully saturated rings. The highest BCUT2D eigenvalue weighted by atomic mass is 16.5. The lowest BCUT2D eigenvalue weighted by Gasteiger charge is -2.28. The minimum atomic E-state index is -0.853. The van der Waals surface area contributed by atoms with Gasteiger partial charge in [0.05, 0.1) is 12.2 Å². The van der Waals surface area contributed by atoms with E-state index in [9.17, 15) is 5.11 Å². The Morgan fingerprint density at radius 3 is 2.68 bits per heavy atom. The smallest absolute Gasteiger partial charge is 0.128 e. The van der Waals surface area contributed by atoms with Gasteiger partial charge in [-0.3, -0.25) is 0 Å². The van der Waals surface area contributed by atoms with Crippen molar-refractivity contribution < 1.29 is 9.84 Å². The second-order valence-corrected chi connectivity index (χ2v) is 6.59. The van der Waals surface area contributed by atoms with Crippen molar-refractivity contribution in [2.24, 2.45) is 0 Å². The zero-order valence-electron chi connectivity index (χ0n) is 12.4. The molecule has 2 N–H and O–H groups in total. The number of benzene rings is 1. The summed E-state index contributed by atoms with van der Waals surface area (Å²) in [6.45, 7) is 9.76. The van der Waals surface area contributed by atoms with E-state index in [1.54, 1.807) is 0 Å². The Bertz CT molecular complexity index is 447. The topological polar surface area (TPSA) is 41.5 Å². The van der Waals surface area contributed by atoms with Crippen molar-refractivity contribution in [1.82, 2.24) is 5.32 Å². The fourth-order valence-electron chi connectivity index (χ4n) is 2.45. The molecule has 2 rings (SSSR count). The predicted octanol–water partition coefficient (Wildman–Crippen LogP) is 2.61. The molecule has 1 aromatic carbocycles. The molecule has 0 radical (unpaired) electrons. The summed E-state index contributed by atoms with van der Waals surface area (Å²) < 4.78 is 5.68. The van der Waals surface area contributed by atoms with Crippen LogP contribution in [0.25, 0.3) is 0 Å². The van der Waals surface area contributed by atoms with Crippen LogP contribution in [0.1, 0.15) is 45.2 Å². The molecule has 1 aliphatic rings. The van der Waals surface area contributed by atoms with Gasteiger partial charge in [-0.1, -0.05) is 18.2 Å². The van der Waals surface area contributed by atoms with Gasteiger partial charge in [0, 0.05) is 17.5 Å². The van der Waals surface area contributed by atoms with Crippen molar-refractivity contribution in [1.29, 1.82) is 0 Å². The number of aliphatic hydroxyl groups is 1. The standard InChI is InChI=1S/C16H25NO2/c1-15(2,3)17-10-9-16(4,18)13-7-5-6-12-8-11-19-14(12)13/h5-7,17-18H,8-11H2,1-4H3. The van der Waals surface area contributed by atoms with E-state index < -0.39 is 5.60 Å². The Morgan fingerprint density at radius 1 is 1.26 bits per heavy atom. The highest BCUT2D eigenvalue weighted by Crippen LogP contribution is 2.37. The molecule has 0 spiro atoms. The summed E-state index contributed by atoms with van der Waals surface area (Å²) >= 11 is 0. The van der Waals surface area contributed by atoms with E-state index in [-0.39, 0.29) is 5.54 Å². The summed E-state index contributed by atoms with van der Waals surface area (Å²) in [5.74, 6) is 0.892. The molecule has 0 aliphatic carbocycles. The van der Waals surface area contributed by atoms with E-state index >= 15 is 0 Å². The highest BCUT2D eigenvalue weighted by Gasteiger charge is 2.30. The van der Waals surface area contributed by atoms with E-state index in [1.165, 1.54) is 5.56 Å². The molecular formula is C16H25NO2. The van der Waals surface area contributed by atoms with Crippen LogP contribution >= 0.6 is 0 Å². The normalized spacial score (nSPS) is 17.7. The summed E-state index contributed by atoms with van der Waals surface area (Å²) in [4.78, 5) is 0. The predicted molar refractivity (Wildman–Crippen MR) is 77.6 cm³/mol. The van der Waals surface area contributed by atoms with Crippen molar-refractivity contribution in [2.45, 2.75) is 51.7 Å². The first-order valence-electron chi connectivity index (χ1n) is 7.02. The van der Waals surface area contributed by atoms with E-state index in [1.807, 2.05) is 19.1 Å². The number of fused-ring (bicyclic) bond motifs is 1. The largest absolute Gasteiger partial charge is 0.493 e. The minimum Gasteiger partial charge on any atom is -0.493 e. The average molecular weight is 263 g/mol. The van der Waals surface area contributed by atoms with Crippen molar-refractivity contribution in [3.8, 4) is 5.75 Å². The number of rotatable bonds is 4. The maximum Gasteiger partial charge on any atom is 0.128 e. The minimum absolute atomic E-state index is 0.0746. The second kappa shape index (κ2) is 5.14. The molecule has 19 heavy (non-hydrogen) atoms. The van der Waals surface area contributed by atoms with Crippen LogP contribution in [-0.2, 0) is 12.0 Å². The number of hydrogen-bond donors (Lipinski definition) is 2. The first kappa shape index (κ1) is 14.4. The lowest BCUT2D eigenvalue weighted by molar-refractivity contribution is 0.0438. The first-order valence-corrected chi connectivity index (χ1v) is 7.02. The van der Waals surface area contributed by atoms with E-state index in [2.05, 4.69) is 32.2 Å². The molecule has 1 aromatic rings. The molecule has 1 heterocycles. The van der Waals surface area contributed by atoms with Gasteiger partial charge in [0.2, 0.25) is 0 Å². The van der Waals surface area contributed by atoms with Crippen molar-refractivity contribution in [3.63, 3.8) is 0 Å². The molecule has 106 valence electrons.